The van der Waals surface area contributed by atoms with Crippen LogP contribution < -0.4 is 4.74 Å². The van der Waals surface area contributed by atoms with E-state index in [4.69, 9.17) is 4.74 Å². The van der Waals surface area contributed by atoms with Crippen LogP contribution in [0.1, 0.15) is 33.6 Å². The van der Waals surface area contributed by atoms with Crippen molar-refractivity contribution in [3.8, 4) is 5.75 Å². The van der Waals surface area contributed by atoms with E-state index in [9.17, 15) is 18.0 Å². The zero-order chi connectivity index (χ0) is 15.5. The number of rotatable bonds is 5. The number of ketones is 1. The van der Waals surface area contributed by atoms with Crippen LogP contribution in [-0.2, 0) is 6.18 Å². The number of nitrogens with zero attached hydrogens (tertiary/aromatic N) is 1. The van der Waals surface area contributed by atoms with Crippen molar-refractivity contribution < 1.29 is 22.7 Å². The molecule has 7 heteroatoms. The maximum atomic E-state index is 12.5. The lowest BCUT2D eigenvalue weighted by molar-refractivity contribution is -0.137. The molecule has 1 aromatic carbocycles. The Morgan fingerprint density at radius 3 is 2.76 bits per heavy atom. The topological polar surface area (TPSA) is 39.2 Å². The van der Waals surface area contributed by atoms with Gasteiger partial charge in [0, 0.05) is 11.8 Å². The molecule has 0 saturated carbocycles. The minimum Gasteiger partial charge on any atom is -0.494 e. The molecule has 0 saturated heterocycles. The highest BCUT2D eigenvalue weighted by Crippen LogP contribution is 2.33. The summed E-state index contributed by atoms with van der Waals surface area (Å²) in [6.07, 6.45) is -2.76. The normalized spacial score (nSPS) is 11.4. The number of benzene rings is 1. The average molecular weight is 315 g/mol. The Bertz CT molecular complexity index is 637. The van der Waals surface area contributed by atoms with Crippen molar-refractivity contribution in [3.05, 3.63) is 45.9 Å². The molecule has 0 unspecified atom stereocenters. The Hall–Kier alpha value is -1.89. The van der Waals surface area contributed by atoms with Crippen molar-refractivity contribution in [2.24, 2.45) is 0 Å². The minimum absolute atomic E-state index is 0.0463. The van der Waals surface area contributed by atoms with E-state index < -0.39 is 17.0 Å². The van der Waals surface area contributed by atoms with E-state index in [1.165, 1.54) is 12.1 Å². The first-order valence-corrected chi connectivity index (χ1v) is 7.04. The Kier molecular flexibility index (Phi) is 4.62. The molecule has 0 amide bonds. The molecule has 0 aliphatic carbocycles. The molecule has 21 heavy (non-hydrogen) atoms. The molecule has 0 fully saturated rings. The van der Waals surface area contributed by atoms with E-state index in [1.54, 1.807) is 12.1 Å². The fourth-order valence-electron chi connectivity index (χ4n) is 1.60. The van der Waals surface area contributed by atoms with Gasteiger partial charge in [0.15, 0.2) is 5.01 Å². The van der Waals surface area contributed by atoms with E-state index >= 15 is 0 Å². The van der Waals surface area contributed by atoms with Crippen molar-refractivity contribution in [2.45, 2.75) is 19.5 Å². The van der Waals surface area contributed by atoms with Gasteiger partial charge in [0.25, 0.3) is 0 Å². The van der Waals surface area contributed by atoms with Crippen molar-refractivity contribution in [3.63, 3.8) is 0 Å². The Morgan fingerprint density at radius 1 is 1.38 bits per heavy atom. The van der Waals surface area contributed by atoms with Gasteiger partial charge in [0.2, 0.25) is 5.78 Å². The van der Waals surface area contributed by atoms with Crippen LogP contribution in [0.25, 0.3) is 0 Å². The summed E-state index contributed by atoms with van der Waals surface area (Å²) in [5.74, 6) is 0.0215. The number of hydrogen-bond acceptors (Lipinski definition) is 4. The quantitative estimate of drug-likeness (QED) is 0.777. The van der Waals surface area contributed by atoms with Crippen LogP contribution in [0.15, 0.2) is 30.5 Å². The number of alkyl halides is 3. The van der Waals surface area contributed by atoms with Crippen LogP contribution >= 0.6 is 11.3 Å². The number of ether oxygens (including phenoxy) is 1. The second-order valence-electron chi connectivity index (χ2n) is 4.23. The lowest BCUT2D eigenvalue weighted by Crippen LogP contribution is -2.03. The lowest BCUT2D eigenvalue weighted by atomic mass is 10.1. The van der Waals surface area contributed by atoms with E-state index in [2.05, 4.69) is 4.98 Å². The molecule has 0 aliphatic heterocycles. The zero-order valence-corrected chi connectivity index (χ0v) is 11.9. The van der Waals surface area contributed by atoms with Crippen LogP contribution in [0.3, 0.4) is 0 Å². The summed E-state index contributed by atoms with van der Waals surface area (Å²) in [6, 6.07) is 6.38. The first kappa shape index (κ1) is 15.5. The van der Waals surface area contributed by atoms with E-state index in [0.717, 1.165) is 12.6 Å². The Morgan fingerprint density at radius 2 is 2.14 bits per heavy atom. The first-order valence-electron chi connectivity index (χ1n) is 6.22. The molecule has 1 heterocycles. The van der Waals surface area contributed by atoms with Crippen LogP contribution in [0, 0.1) is 0 Å². The second kappa shape index (κ2) is 6.26. The molecule has 1 aromatic heterocycles. The molecular weight excluding hydrogens is 303 g/mol. The number of hydrogen-bond donors (Lipinski definition) is 0. The van der Waals surface area contributed by atoms with Gasteiger partial charge in [0.05, 0.1) is 11.5 Å². The molecule has 0 atom stereocenters. The Labute approximate surface area is 123 Å². The van der Waals surface area contributed by atoms with Gasteiger partial charge in [-0.15, -0.1) is 11.3 Å². The third-order valence-corrected chi connectivity index (χ3v) is 3.58. The molecule has 0 aliphatic rings. The average Bonchev–Trinajstić information content (AvgIpc) is 2.94. The number of thiazole rings is 1. The molecule has 0 radical (unpaired) electrons. The predicted octanol–water partition coefficient (Wildman–Crippen LogP) is 4.18. The molecule has 3 nitrogen and oxygen atoms in total. The van der Waals surface area contributed by atoms with E-state index in [1.807, 2.05) is 6.92 Å². The molecule has 2 aromatic rings. The summed E-state index contributed by atoms with van der Waals surface area (Å²) < 4.78 is 42.9. The fraction of sp³-hybridized carbons (Fsp3) is 0.286. The van der Waals surface area contributed by atoms with Crippen molar-refractivity contribution >= 4 is 17.1 Å². The highest BCUT2D eigenvalue weighted by molar-refractivity contribution is 7.13. The summed E-state index contributed by atoms with van der Waals surface area (Å²) in [7, 11) is 0. The largest absolute Gasteiger partial charge is 0.494 e. The number of carbonyl (C=O) groups is 1. The third kappa shape index (κ3) is 3.81. The Balaban J connectivity index is 2.21. The van der Waals surface area contributed by atoms with Crippen molar-refractivity contribution in [1.82, 2.24) is 4.98 Å². The van der Waals surface area contributed by atoms with Gasteiger partial charge in [-0.05, 0) is 18.6 Å². The SMILES string of the molecule is CCCOc1cccc(C(=O)c2cnc(C(F)(F)F)s2)c1. The highest BCUT2D eigenvalue weighted by Gasteiger charge is 2.35. The van der Waals surface area contributed by atoms with E-state index in [0.29, 0.717) is 23.7 Å². The smallest absolute Gasteiger partial charge is 0.443 e. The summed E-state index contributed by atoms with van der Waals surface area (Å²) in [5.41, 5.74) is 0.279. The van der Waals surface area contributed by atoms with Gasteiger partial charge in [-0.1, -0.05) is 19.1 Å². The standard InChI is InChI=1S/C14H12F3NO2S/c1-2-6-20-10-5-3-4-9(7-10)12(19)11-8-18-13(21-11)14(15,16)17/h3-5,7-8H,2,6H2,1H3. The number of aromatic nitrogens is 1. The van der Waals surface area contributed by atoms with Crippen LogP contribution in [0.4, 0.5) is 13.2 Å². The maximum absolute atomic E-state index is 12.5. The third-order valence-electron chi connectivity index (χ3n) is 2.54. The van der Waals surface area contributed by atoms with Gasteiger partial charge in [-0.2, -0.15) is 13.2 Å². The maximum Gasteiger partial charge on any atom is 0.443 e. The van der Waals surface area contributed by atoms with Crippen LogP contribution in [0.2, 0.25) is 0 Å². The molecular formula is C14H12F3NO2S. The summed E-state index contributed by atoms with van der Waals surface area (Å²) in [5, 5.41) is -1.02. The summed E-state index contributed by atoms with van der Waals surface area (Å²) in [6.45, 7) is 2.46. The fourth-order valence-corrected chi connectivity index (χ4v) is 2.34. The first-order chi connectivity index (χ1) is 9.91. The number of halogens is 3. The van der Waals surface area contributed by atoms with E-state index in [-0.39, 0.29) is 10.4 Å². The molecule has 0 bridgehead atoms. The monoisotopic (exact) mass is 315 g/mol. The number of carbonyl (C=O) groups excluding carboxylic acids is 1. The predicted molar refractivity (Wildman–Crippen MR) is 72.8 cm³/mol. The lowest BCUT2D eigenvalue weighted by Gasteiger charge is -2.05. The van der Waals surface area contributed by atoms with Gasteiger partial charge in [0.1, 0.15) is 5.75 Å². The van der Waals surface area contributed by atoms with Crippen LogP contribution in [0.5, 0.6) is 5.75 Å². The molecule has 2 rings (SSSR count). The van der Waals surface area contributed by atoms with Crippen molar-refractivity contribution in [1.29, 1.82) is 0 Å². The molecule has 112 valence electrons. The molecule has 0 spiro atoms. The van der Waals surface area contributed by atoms with Crippen LogP contribution in [-0.4, -0.2) is 17.4 Å². The summed E-state index contributed by atoms with van der Waals surface area (Å²) in [4.78, 5) is 15.4. The minimum atomic E-state index is -4.53. The molecule has 0 N–H and O–H groups in total. The van der Waals surface area contributed by atoms with Gasteiger partial charge >= 0.3 is 6.18 Å². The summed E-state index contributed by atoms with van der Waals surface area (Å²) >= 11 is 0.340. The van der Waals surface area contributed by atoms with Gasteiger partial charge in [-0.3, -0.25) is 4.79 Å². The second-order valence-corrected chi connectivity index (χ2v) is 5.26. The van der Waals surface area contributed by atoms with Gasteiger partial charge in [-0.25, -0.2) is 4.98 Å². The van der Waals surface area contributed by atoms with Gasteiger partial charge < -0.3 is 4.74 Å². The van der Waals surface area contributed by atoms with Crippen molar-refractivity contribution in [2.75, 3.05) is 6.61 Å². The highest BCUT2D eigenvalue weighted by atomic mass is 32.1. The zero-order valence-electron chi connectivity index (χ0n) is 11.1.